The van der Waals surface area contributed by atoms with Gasteiger partial charge in [0.25, 0.3) is 0 Å². The molecule has 1 heterocycles. The number of aryl methyl sites for hydroxylation is 2. The summed E-state index contributed by atoms with van der Waals surface area (Å²) in [6.07, 6.45) is 4.81. The Morgan fingerprint density at radius 2 is 2.00 bits per heavy atom. The molecule has 0 fully saturated rings. The maximum Gasteiger partial charge on any atom is 0.181 e. The number of thiophene rings is 1. The Kier molecular flexibility index (Phi) is 3.74. The van der Waals surface area contributed by atoms with Crippen LogP contribution in [0.4, 0.5) is 14.5 Å². The second kappa shape index (κ2) is 5.52. The fourth-order valence-corrected chi connectivity index (χ4v) is 3.91. The van der Waals surface area contributed by atoms with Crippen LogP contribution in [0, 0.1) is 11.6 Å². The topological polar surface area (TPSA) is 12.0 Å². The third-order valence-corrected chi connectivity index (χ3v) is 5.19. The highest BCUT2D eigenvalue weighted by Gasteiger charge is 2.17. The normalized spacial score (nSPS) is 15.8. The van der Waals surface area contributed by atoms with E-state index in [1.165, 1.54) is 34.2 Å². The summed E-state index contributed by atoms with van der Waals surface area (Å²) >= 11 is 1.79. The molecule has 1 aliphatic rings. The van der Waals surface area contributed by atoms with E-state index in [2.05, 4.69) is 11.4 Å². The second-order valence-electron chi connectivity index (χ2n) is 5.27. The highest BCUT2D eigenvalue weighted by atomic mass is 32.1. The van der Waals surface area contributed by atoms with Crippen molar-refractivity contribution in [2.45, 2.75) is 38.6 Å². The van der Waals surface area contributed by atoms with E-state index in [1.807, 2.05) is 6.92 Å². The predicted octanol–water partition coefficient (Wildman–Crippen LogP) is 5.08. The molecular formula is C16H17F2NS. The van der Waals surface area contributed by atoms with Crippen molar-refractivity contribution in [3.8, 4) is 0 Å². The first-order valence-electron chi connectivity index (χ1n) is 6.97. The van der Waals surface area contributed by atoms with Crippen molar-refractivity contribution in [1.82, 2.24) is 0 Å². The summed E-state index contributed by atoms with van der Waals surface area (Å²) in [4.78, 5) is 2.65. The molecular weight excluding hydrogens is 276 g/mol. The molecule has 1 nitrogen and oxygen atoms in total. The van der Waals surface area contributed by atoms with Crippen LogP contribution < -0.4 is 5.32 Å². The van der Waals surface area contributed by atoms with Crippen LogP contribution in [-0.2, 0) is 12.8 Å². The summed E-state index contributed by atoms with van der Waals surface area (Å²) in [5.41, 5.74) is 1.66. The van der Waals surface area contributed by atoms with Gasteiger partial charge in [0, 0.05) is 9.75 Å². The summed E-state index contributed by atoms with van der Waals surface area (Å²) in [5.74, 6) is -1.62. The summed E-state index contributed by atoms with van der Waals surface area (Å²) < 4.78 is 26.9. The zero-order chi connectivity index (χ0) is 14.1. The van der Waals surface area contributed by atoms with E-state index < -0.39 is 11.6 Å². The summed E-state index contributed by atoms with van der Waals surface area (Å²) in [6, 6.07) is 6.43. The van der Waals surface area contributed by atoms with Gasteiger partial charge in [-0.25, -0.2) is 8.78 Å². The first-order valence-corrected chi connectivity index (χ1v) is 7.79. The van der Waals surface area contributed by atoms with Gasteiger partial charge in [-0.15, -0.1) is 11.3 Å². The quantitative estimate of drug-likeness (QED) is 0.832. The molecule has 2 aromatic rings. The Morgan fingerprint density at radius 1 is 1.20 bits per heavy atom. The van der Waals surface area contributed by atoms with Crippen molar-refractivity contribution < 1.29 is 8.78 Å². The van der Waals surface area contributed by atoms with Crippen molar-refractivity contribution in [3.05, 3.63) is 51.2 Å². The van der Waals surface area contributed by atoms with Crippen molar-refractivity contribution in [2.75, 3.05) is 5.32 Å². The van der Waals surface area contributed by atoms with E-state index >= 15 is 0 Å². The van der Waals surface area contributed by atoms with Gasteiger partial charge in [0.1, 0.15) is 0 Å². The van der Waals surface area contributed by atoms with E-state index in [0.29, 0.717) is 0 Å². The Labute approximate surface area is 121 Å². The lowest BCUT2D eigenvalue weighted by atomic mass is 9.99. The molecule has 4 heteroatoms. The standard InChI is InChI=1S/C16H17F2NS/c1-10(19-13-7-4-6-12(17)16(13)18)15-9-11-5-2-3-8-14(11)20-15/h4,6-7,9-10,19H,2-3,5,8H2,1H3. The lowest BCUT2D eigenvalue weighted by molar-refractivity contribution is 0.510. The molecule has 0 spiro atoms. The largest absolute Gasteiger partial charge is 0.375 e. The van der Waals surface area contributed by atoms with Crippen molar-refractivity contribution >= 4 is 17.0 Å². The Balaban J connectivity index is 1.80. The summed E-state index contributed by atoms with van der Waals surface area (Å²) in [5, 5.41) is 3.07. The van der Waals surface area contributed by atoms with Gasteiger partial charge in [-0.05, 0) is 56.4 Å². The number of anilines is 1. The van der Waals surface area contributed by atoms with Crippen LogP contribution in [0.1, 0.15) is 41.1 Å². The highest BCUT2D eigenvalue weighted by Crippen LogP contribution is 2.34. The zero-order valence-electron chi connectivity index (χ0n) is 11.4. The van der Waals surface area contributed by atoms with Crippen molar-refractivity contribution in [3.63, 3.8) is 0 Å². The van der Waals surface area contributed by atoms with Crippen LogP contribution in [0.25, 0.3) is 0 Å². The SMILES string of the molecule is CC(Nc1cccc(F)c1F)c1cc2c(s1)CCCC2. The molecule has 1 unspecified atom stereocenters. The minimum Gasteiger partial charge on any atom is -0.375 e. The molecule has 1 N–H and O–H groups in total. The molecule has 0 bridgehead atoms. The fraction of sp³-hybridized carbons (Fsp3) is 0.375. The molecule has 1 aromatic heterocycles. The van der Waals surface area contributed by atoms with Gasteiger partial charge < -0.3 is 5.32 Å². The van der Waals surface area contributed by atoms with Crippen LogP contribution in [-0.4, -0.2) is 0 Å². The van der Waals surface area contributed by atoms with Crippen LogP contribution in [0.3, 0.4) is 0 Å². The maximum absolute atomic E-state index is 13.7. The van der Waals surface area contributed by atoms with Crippen LogP contribution >= 0.6 is 11.3 Å². The van der Waals surface area contributed by atoms with Crippen LogP contribution in [0.15, 0.2) is 24.3 Å². The molecule has 3 rings (SSSR count). The first kappa shape index (κ1) is 13.6. The van der Waals surface area contributed by atoms with Crippen LogP contribution in [0.2, 0.25) is 0 Å². The molecule has 0 amide bonds. The average Bonchev–Trinajstić information content (AvgIpc) is 2.88. The number of rotatable bonds is 3. The number of benzene rings is 1. The van der Waals surface area contributed by atoms with Gasteiger partial charge in [-0.3, -0.25) is 0 Å². The smallest absolute Gasteiger partial charge is 0.181 e. The van der Waals surface area contributed by atoms with E-state index in [1.54, 1.807) is 17.4 Å². The minimum absolute atomic E-state index is 0.0121. The van der Waals surface area contributed by atoms with Gasteiger partial charge in [0.2, 0.25) is 0 Å². The van der Waals surface area contributed by atoms with E-state index in [0.717, 1.165) is 18.9 Å². The molecule has 106 valence electrons. The Morgan fingerprint density at radius 3 is 2.80 bits per heavy atom. The lowest BCUT2D eigenvalue weighted by Gasteiger charge is -2.14. The molecule has 0 saturated carbocycles. The summed E-state index contributed by atoms with van der Waals surface area (Å²) in [6.45, 7) is 1.99. The number of nitrogens with one attached hydrogen (secondary N) is 1. The van der Waals surface area contributed by atoms with Crippen LogP contribution in [0.5, 0.6) is 0 Å². The fourth-order valence-electron chi connectivity index (χ4n) is 2.65. The molecule has 1 atom stereocenters. The van der Waals surface area contributed by atoms with Crippen molar-refractivity contribution in [2.24, 2.45) is 0 Å². The Bertz CT molecular complexity index is 597. The zero-order valence-corrected chi connectivity index (χ0v) is 12.2. The van der Waals surface area contributed by atoms with Gasteiger partial charge in [-0.2, -0.15) is 0 Å². The molecule has 0 saturated heterocycles. The predicted molar refractivity (Wildman–Crippen MR) is 79.4 cm³/mol. The van der Waals surface area contributed by atoms with Crippen molar-refractivity contribution in [1.29, 1.82) is 0 Å². The summed E-state index contributed by atoms with van der Waals surface area (Å²) in [7, 11) is 0. The van der Waals surface area contributed by atoms with E-state index in [9.17, 15) is 8.78 Å². The van der Waals surface area contributed by atoms with E-state index in [4.69, 9.17) is 0 Å². The van der Waals surface area contributed by atoms with Gasteiger partial charge >= 0.3 is 0 Å². The maximum atomic E-state index is 13.7. The third kappa shape index (κ3) is 2.57. The monoisotopic (exact) mass is 293 g/mol. The van der Waals surface area contributed by atoms with Gasteiger partial charge in [0.05, 0.1) is 11.7 Å². The number of hydrogen-bond donors (Lipinski definition) is 1. The molecule has 0 radical (unpaired) electrons. The number of fused-ring (bicyclic) bond motifs is 1. The Hall–Kier alpha value is -1.42. The first-order chi connectivity index (χ1) is 9.65. The average molecular weight is 293 g/mol. The van der Waals surface area contributed by atoms with Gasteiger partial charge in [0.15, 0.2) is 11.6 Å². The third-order valence-electron chi connectivity index (χ3n) is 3.77. The molecule has 1 aromatic carbocycles. The molecule has 0 aliphatic heterocycles. The van der Waals surface area contributed by atoms with E-state index in [-0.39, 0.29) is 11.7 Å². The molecule has 20 heavy (non-hydrogen) atoms. The molecule has 1 aliphatic carbocycles. The number of hydrogen-bond acceptors (Lipinski definition) is 2. The second-order valence-corrected chi connectivity index (χ2v) is 6.44. The minimum atomic E-state index is -0.812. The van der Waals surface area contributed by atoms with Gasteiger partial charge in [-0.1, -0.05) is 6.07 Å². The highest BCUT2D eigenvalue weighted by molar-refractivity contribution is 7.12. The lowest BCUT2D eigenvalue weighted by Crippen LogP contribution is -2.07. The number of halogens is 2.